The largest absolute Gasteiger partial charge is 0.421 e. The number of nitrogens with zero attached hydrogens (tertiary/aromatic N) is 4. The summed E-state index contributed by atoms with van der Waals surface area (Å²) in [6.45, 7) is 0. The number of carbonyl (C=O) groups is 1. The zero-order chi connectivity index (χ0) is 21.5. The van der Waals surface area contributed by atoms with Crippen LogP contribution in [0.15, 0.2) is 79.1 Å². The van der Waals surface area contributed by atoms with Crippen LogP contribution in [0.1, 0.15) is 10.4 Å². The molecule has 3 aromatic heterocycles. The van der Waals surface area contributed by atoms with Crippen molar-refractivity contribution >= 4 is 60.1 Å². The molecule has 0 saturated heterocycles. The number of anilines is 1. The van der Waals surface area contributed by atoms with E-state index in [4.69, 9.17) is 4.42 Å². The molecule has 0 bridgehead atoms. The molecule has 0 aliphatic heterocycles. The van der Waals surface area contributed by atoms with Gasteiger partial charge in [0.25, 0.3) is 5.91 Å². The summed E-state index contributed by atoms with van der Waals surface area (Å²) in [5.74, 6) is -0.564. The summed E-state index contributed by atoms with van der Waals surface area (Å²) in [6, 6.07) is 15.8. The third-order valence-electron chi connectivity index (χ3n) is 4.57. The molecule has 0 spiro atoms. The maximum atomic E-state index is 12.8. The Balaban J connectivity index is 1.47. The van der Waals surface area contributed by atoms with Gasteiger partial charge in [-0.15, -0.1) is 10.2 Å². The van der Waals surface area contributed by atoms with Crippen molar-refractivity contribution in [2.75, 3.05) is 5.32 Å². The van der Waals surface area contributed by atoms with E-state index >= 15 is 0 Å². The molecule has 5 aromatic rings. The fourth-order valence-corrected chi connectivity index (χ4v) is 4.49. The molecule has 3 heterocycles. The van der Waals surface area contributed by atoms with Crippen molar-refractivity contribution in [1.29, 1.82) is 0 Å². The third kappa shape index (κ3) is 3.75. The topological polar surface area (TPSA) is 102 Å². The standard InChI is InChI=1S/C21H11Br2N5O3/c22-13-6-12-8-15(21(30)31-19(12)16(23)9-13)20(29)25-14-3-1-2-11(7-14)17-4-5-18-26-24-10-28(18)27-17/h1-10H,(H,25,29). The minimum atomic E-state index is -0.719. The van der Waals surface area contributed by atoms with Crippen LogP contribution >= 0.6 is 31.9 Å². The fourth-order valence-electron chi connectivity index (χ4n) is 3.15. The number of aromatic nitrogens is 4. The Morgan fingerprint density at radius 1 is 1.06 bits per heavy atom. The van der Waals surface area contributed by atoms with E-state index in [1.54, 1.807) is 40.9 Å². The van der Waals surface area contributed by atoms with Crippen molar-refractivity contribution in [2.24, 2.45) is 0 Å². The molecule has 0 aliphatic carbocycles. The SMILES string of the molecule is O=C(Nc1cccc(-c2ccc3nncn3n2)c1)c1cc2cc(Br)cc(Br)c2oc1=O. The van der Waals surface area contributed by atoms with Gasteiger partial charge in [0.2, 0.25) is 0 Å². The van der Waals surface area contributed by atoms with Crippen molar-refractivity contribution in [3.8, 4) is 11.3 Å². The van der Waals surface area contributed by atoms with E-state index in [9.17, 15) is 9.59 Å². The second-order valence-corrected chi connectivity index (χ2v) is 8.41. The number of hydrogen-bond donors (Lipinski definition) is 1. The Hall–Kier alpha value is -3.37. The number of benzene rings is 2. The minimum absolute atomic E-state index is 0.0908. The molecule has 0 radical (unpaired) electrons. The first-order valence-electron chi connectivity index (χ1n) is 9.00. The first kappa shape index (κ1) is 19.6. The van der Waals surface area contributed by atoms with Crippen molar-refractivity contribution in [1.82, 2.24) is 19.8 Å². The maximum absolute atomic E-state index is 12.8. The van der Waals surface area contributed by atoms with Crippen LogP contribution < -0.4 is 10.9 Å². The smallest absolute Gasteiger partial charge is 0.349 e. The highest BCUT2D eigenvalue weighted by atomic mass is 79.9. The van der Waals surface area contributed by atoms with Crippen LogP contribution in [-0.4, -0.2) is 25.7 Å². The molecule has 5 rings (SSSR count). The molecule has 0 atom stereocenters. The summed E-state index contributed by atoms with van der Waals surface area (Å²) in [5.41, 5.74) is 2.19. The molecule has 0 aliphatic rings. The predicted octanol–water partition coefficient (Wildman–Crippen LogP) is 4.68. The average molecular weight is 541 g/mol. The average Bonchev–Trinajstić information content (AvgIpc) is 3.22. The maximum Gasteiger partial charge on any atom is 0.349 e. The van der Waals surface area contributed by atoms with E-state index in [2.05, 4.69) is 52.5 Å². The number of halogens is 2. The normalized spacial score (nSPS) is 11.2. The summed E-state index contributed by atoms with van der Waals surface area (Å²) in [6.07, 6.45) is 1.51. The first-order chi connectivity index (χ1) is 15.0. The van der Waals surface area contributed by atoms with E-state index in [1.165, 1.54) is 12.4 Å². The van der Waals surface area contributed by atoms with Crippen LogP contribution in [0.3, 0.4) is 0 Å². The molecular formula is C21H11Br2N5O3. The van der Waals surface area contributed by atoms with Gasteiger partial charge in [-0.3, -0.25) is 4.79 Å². The van der Waals surface area contributed by atoms with Gasteiger partial charge in [-0.1, -0.05) is 28.1 Å². The summed E-state index contributed by atoms with van der Waals surface area (Å²) in [7, 11) is 0. The van der Waals surface area contributed by atoms with E-state index in [0.717, 1.165) is 10.0 Å². The molecule has 0 fully saturated rings. The monoisotopic (exact) mass is 539 g/mol. The van der Waals surface area contributed by atoms with Gasteiger partial charge >= 0.3 is 5.63 Å². The zero-order valence-electron chi connectivity index (χ0n) is 15.5. The highest BCUT2D eigenvalue weighted by molar-refractivity contribution is 9.11. The molecular weight excluding hydrogens is 530 g/mol. The quantitative estimate of drug-likeness (QED) is 0.333. The van der Waals surface area contributed by atoms with E-state index in [0.29, 0.717) is 32.5 Å². The van der Waals surface area contributed by atoms with Gasteiger partial charge in [0.05, 0.1) is 10.2 Å². The lowest BCUT2D eigenvalue weighted by atomic mass is 10.1. The summed E-state index contributed by atoms with van der Waals surface area (Å²) < 4.78 is 8.33. The van der Waals surface area contributed by atoms with Crippen LogP contribution in [0.25, 0.3) is 27.9 Å². The van der Waals surface area contributed by atoms with Crippen molar-refractivity contribution in [3.05, 3.63) is 85.9 Å². The van der Waals surface area contributed by atoms with E-state index < -0.39 is 11.5 Å². The van der Waals surface area contributed by atoms with Gasteiger partial charge in [0.15, 0.2) is 11.2 Å². The molecule has 10 heteroatoms. The lowest BCUT2D eigenvalue weighted by Crippen LogP contribution is -2.20. The molecule has 31 heavy (non-hydrogen) atoms. The fraction of sp³-hybridized carbons (Fsp3) is 0. The van der Waals surface area contributed by atoms with Crippen molar-refractivity contribution in [3.63, 3.8) is 0 Å². The molecule has 0 saturated carbocycles. The predicted molar refractivity (Wildman–Crippen MR) is 122 cm³/mol. The molecule has 1 N–H and O–H groups in total. The lowest BCUT2D eigenvalue weighted by Gasteiger charge is -2.08. The Kier molecular flexibility index (Phi) is 4.87. The number of rotatable bonds is 3. The molecule has 0 unspecified atom stereocenters. The van der Waals surface area contributed by atoms with Gasteiger partial charge in [0.1, 0.15) is 11.9 Å². The van der Waals surface area contributed by atoms with Gasteiger partial charge in [-0.05, 0) is 58.4 Å². The molecule has 152 valence electrons. The van der Waals surface area contributed by atoms with Gasteiger partial charge in [-0.2, -0.15) is 9.61 Å². The van der Waals surface area contributed by atoms with Crippen LogP contribution in [0.5, 0.6) is 0 Å². The molecule has 8 nitrogen and oxygen atoms in total. The van der Waals surface area contributed by atoms with Gasteiger partial charge in [-0.25, -0.2) is 4.79 Å². The number of carbonyl (C=O) groups excluding carboxylic acids is 1. The Labute approximate surface area is 191 Å². The number of hydrogen-bond acceptors (Lipinski definition) is 6. The number of fused-ring (bicyclic) bond motifs is 2. The van der Waals surface area contributed by atoms with Crippen molar-refractivity contribution < 1.29 is 9.21 Å². The number of nitrogens with one attached hydrogen (secondary N) is 1. The van der Waals surface area contributed by atoms with Crippen LogP contribution in [0, 0.1) is 0 Å². The lowest BCUT2D eigenvalue weighted by molar-refractivity contribution is 0.102. The summed E-state index contributed by atoms with van der Waals surface area (Å²) >= 11 is 6.76. The van der Waals surface area contributed by atoms with Crippen LogP contribution in [0.2, 0.25) is 0 Å². The van der Waals surface area contributed by atoms with Gasteiger partial charge in [0, 0.05) is 21.1 Å². The molecule has 2 aromatic carbocycles. The second kappa shape index (κ2) is 7.71. The first-order valence-corrected chi connectivity index (χ1v) is 10.6. The third-order valence-corrected chi connectivity index (χ3v) is 5.62. The Bertz CT molecular complexity index is 1540. The highest BCUT2D eigenvalue weighted by Gasteiger charge is 2.16. The van der Waals surface area contributed by atoms with Crippen LogP contribution in [-0.2, 0) is 0 Å². The summed E-state index contributed by atoms with van der Waals surface area (Å²) in [5, 5.41) is 15.6. The van der Waals surface area contributed by atoms with E-state index in [1.807, 2.05) is 12.1 Å². The van der Waals surface area contributed by atoms with Crippen molar-refractivity contribution in [2.45, 2.75) is 0 Å². The highest BCUT2D eigenvalue weighted by Crippen LogP contribution is 2.28. The zero-order valence-corrected chi connectivity index (χ0v) is 18.7. The van der Waals surface area contributed by atoms with E-state index in [-0.39, 0.29) is 5.56 Å². The Morgan fingerprint density at radius 2 is 1.94 bits per heavy atom. The minimum Gasteiger partial charge on any atom is -0.421 e. The second-order valence-electron chi connectivity index (χ2n) is 6.64. The molecule has 1 amide bonds. The van der Waals surface area contributed by atoms with Crippen LogP contribution in [0.4, 0.5) is 5.69 Å². The number of amides is 1. The Morgan fingerprint density at radius 3 is 2.81 bits per heavy atom. The van der Waals surface area contributed by atoms with Gasteiger partial charge < -0.3 is 9.73 Å². The summed E-state index contributed by atoms with van der Waals surface area (Å²) in [4.78, 5) is 25.2.